The van der Waals surface area contributed by atoms with Gasteiger partial charge in [0.1, 0.15) is 16.1 Å². The number of rotatable bonds is 4. The highest BCUT2D eigenvalue weighted by molar-refractivity contribution is 7.16. The predicted octanol–water partition coefficient (Wildman–Crippen LogP) is 5.98. The minimum atomic E-state index is -0.569. The molecule has 0 bridgehead atoms. The largest absolute Gasteiger partial charge is 0.313 e. The van der Waals surface area contributed by atoms with E-state index in [2.05, 4.69) is 32.2 Å². The molecule has 0 aliphatic heterocycles. The molecule has 0 saturated heterocycles. The van der Waals surface area contributed by atoms with Crippen LogP contribution in [0, 0.1) is 32.8 Å². The summed E-state index contributed by atoms with van der Waals surface area (Å²) in [6.45, 7) is 6.70. The molecule has 1 aromatic carbocycles. The molecule has 156 valence electrons. The van der Waals surface area contributed by atoms with Gasteiger partial charge < -0.3 is 5.32 Å². The van der Waals surface area contributed by atoms with Crippen LogP contribution in [0.4, 0.5) is 10.7 Å². The average molecular weight is 444 g/mol. The Hall–Kier alpha value is -2.69. The van der Waals surface area contributed by atoms with E-state index in [0.29, 0.717) is 22.0 Å². The first-order chi connectivity index (χ1) is 14.1. The summed E-state index contributed by atoms with van der Waals surface area (Å²) in [5, 5.41) is 24.0. The molecule has 3 rings (SSSR count). The number of halogens is 1. The van der Waals surface area contributed by atoms with E-state index in [0.717, 1.165) is 24.8 Å². The predicted molar refractivity (Wildman–Crippen MR) is 120 cm³/mol. The Bertz CT molecular complexity index is 1080. The molecule has 0 saturated carbocycles. The maximum Gasteiger partial charge on any atom is 0.288 e. The van der Waals surface area contributed by atoms with Crippen LogP contribution >= 0.6 is 22.9 Å². The standard InChI is InChI=1S/C22H22ClN3O3S/c1-22(2,3)14-6-7-15-16(12-24)21(30-19(15)11-14)25-20(27)9-5-13-4-8-17(23)18(10-13)26(28)29/h4-5,8-10,14H,6-7,11H2,1-3H3,(H,25,27)/b9-5+/t14-/m1/s1. The fourth-order valence-electron chi connectivity index (χ4n) is 3.63. The third-order valence-electron chi connectivity index (χ3n) is 5.43. The highest BCUT2D eigenvalue weighted by Gasteiger charge is 2.32. The van der Waals surface area contributed by atoms with Gasteiger partial charge in [0.2, 0.25) is 5.91 Å². The lowest BCUT2D eigenvalue weighted by atomic mass is 9.72. The Morgan fingerprint density at radius 1 is 1.43 bits per heavy atom. The summed E-state index contributed by atoms with van der Waals surface area (Å²) in [5.74, 6) is 0.148. The molecule has 1 aromatic heterocycles. The van der Waals surface area contributed by atoms with E-state index in [9.17, 15) is 20.2 Å². The van der Waals surface area contributed by atoms with E-state index in [4.69, 9.17) is 11.6 Å². The van der Waals surface area contributed by atoms with Gasteiger partial charge in [-0.2, -0.15) is 5.26 Å². The fraction of sp³-hybridized carbons (Fsp3) is 0.364. The summed E-state index contributed by atoms with van der Waals surface area (Å²) >= 11 is 7.28. The van der Waals surface area contributed by atoms with E-state index in [1.807, 2.05) is 0 Å². The number of nitro benzene ring substituents is 1. The summed E-state index contributed by atoms with van der Waals surface area (Å²) in [6, 6.07) is 6.57. The van der Waals surface area contributed by atoms with Gasteiger partial charge in [0.25, 0.3) is 5.69 Å². The minimum absolute atomic E-state index is 0.0398. The number of hydrogen-bond acceptors (Lipinski definition) is 5. The molecule has 1 aliphatic rings. The lowest BCUT2D eigenvalue weighted by molar-refractivity contribution is -0.384. The van der Waals surface area contributed by atoms with Gasteiger partial charge in [0, 0.05) is 17.0 Å². The van der Waals surface area contributed by atoms with Crippen LogP contribution in [0.2, 0.25) is 5.02 Å². The van der Waals surface area contributed by atoms with Crippen molar-refractivity contribution in [2.45, 2.75) is 40.0 Å². The number of carbonyl (C=O) groups is 1. The van der Waals surface area contributed by atoms with Crippen molar-refractivity contribution in [3.05, 3.63) is 61.0 Å². The van der Waals surface area contributed by atoms with Crippen LogP contribution < -0.4 is 5.32 Å². The maximum atomic E-state index is 12.4. The number of nitrogens with zero attached hydrogens (tertiary/aromatic N) is 2. The van der Waals surface area contributed by atoms with Crippen LogP contribution in [0.3, 0.4) is 0 Å². The van der Waals surface area contributed by atoms with Crippen LogP contribution in [0.25, 0.3) is 6.08 Å². The van der Waals surface area contributed by atoms with Crippen LogP contribution in [0.5, 0.6) is 0 Å². The first-order valence-corrected chi connectivity index (χ1v) is 10.8. The fourth-order valence-corrected chi connectivity index (χ4v) is 5.10. The quantitative estimate of drug-likeness (QED) is 0.357. The first kappa shape index (κ1) is 22.0. The zero-order chi connectivity index (χ0) is 22.1. The number of fused-ring (bicyclic) bond motifs is 1. The van der Waals surface area contributed by atoms with Crippen molar-refractivity contribution in [2.24, 2.45) is 11.3 Å². The second-order valence-corrected chi connectivity index (χ2v) is 9.93. The van der Waals surface area contributed by atoms with Crippen molar-refractivity contribution in [1.29, 1.82) is 5.26 Å². The minimum Gasteiger partial charge on any atom is -0.313 e. The molecule has 1 aliphatic carbocycles. The van der Waals surface area contributed by atoms with Crippen molar-refractivity contribution in [1.82, 2.24) is 0 Å². The molecule has 0 unspecified atom stereocenters. The Morgan fingerprint density at radius 3 is 2.80 bits per heavy atom. The molecule has 8 heteroatoms. The second kappa shape index (κ2) is 8.58. The topological polar surface area (TPSA) is 96.0 Å². The highest BCUT2D eigenvalue weighted by atomic mass is 35.5. The molecule has 1 amide bonds. The third kappa shape index (κ3) is 4.72. The van der Waals surface area contributed by atoms with E-state index in [-0.39, 0.29) is 16.1 Å². The van der Waals surface area contributed by atoms with Gasteiger partial charge >= 0.3 is 0 Å². The molecule has 1 N–H and O–H groups in total. The van der Waals surface area contributed by atoms with E-state index >= 15 is 0 Å². The smallest absolute Gasteiger partial charge is 0.288 e. The van der Waals surface area contributed by atoms with Crippen molar-refractivity contribution < 1.29 is 9.72 Å². The van der Waals surface area contributed by atoms with Gasteiger partial charge in [-0.1, -0.05) is 38.4 Å². The Labute approximate surface area is 184 Å². The second-order valence-electron chi connectivity index (χ2n) is 8.42. The SMILES string of the molecule is CC(C)(C)[C@@H]1CCc2c(sc(NC(=O)/C=C/c3ccc(Cl)c([N+](=O)[O-])c3)c2C#N)C1. The van der Waals surface area contributed by atoms with Crippen molar-refractivity contribution in [2.75, 3.05) is 5.32 Å². The van der Waals surface area contributed by atoms with Gasteiger partial charge in [0.15, 0.2) is 0 Å². The first-order valence-electron chi connectivity index (χ1n) is 9.57. The summed E-state index contributed by atoms with van der Waals surface area (Å²) < 4.78 is 0. The zero-order valence-electron chi connectivity index (χ0n) is 17.0. The summed E-state index contributed by atoms with van der Waals surface area (Å²) in [5.41, 5.74) is 2.06. The molecular weight excluding hydrogens is 422 g/mol. The number of nitrogens with one attached hydrogen (secondary N) is 1. The van der Waals surface area contributed by atoms with Crippen LogP contribution in [0.1, 0.15) is 48.8 Å². The van der Waals surface area contributed by atoms with Gasteiger partial charge in [-0.25, -0.2) is 0 Å². The Balaban J connectivity index is 1.77. The summed E-state index contributed by atoms with van der Waals surface area (Å²) in [7, 11) is 0. The normalized spacial score (nSPS) is 16.2. The maximum absolute atomic E-state index is 12.4. The number of amides is 1. The zero-order valence-corrected chi connectivity index (χ0v) is 18.6. The highest BCUT2D eigenvalue weighted by Crippen LogP contribution is 2.44. The average Bonchev–Trinajstić information content (AvgIpc) is 3.02. The van der Waals surface area contributed by atoms with Gasteiger partial charge in [-0.05, 0) is 53.9 Å². The number of nitriles is 1. The molecule has 6 nitrogen and oxygen atoms in total. The van der Waals surface area contributed by atoms with Crippen molar-refractivity contribution >= 4 is 45.6 Å². The summed E-state index contributed by atoms with van der Waals surface area (Å²) in [4.78, 5) is 24.0. The third-order valence-corrected chi connectivity index (χ3v) is 6.92. The Morgan fingerprint density at radius 2 is 2.17 bits per heavy atom. The molecule has 1 heterocycles. The molecule has 0 spiro atoms. The number of benzene rings is 1. The van der Waals surface area contributed by atoms with E-state index < -0.39 is 10.8 Å². The van der Waals surface area contributed by atoms with E-state index in [1.165, 1.54) is 40.5 Å². The Kier molecular flexibility index (Phi) is 6.30. The molecular formula is C22H22ClN3O3S. The van der Waals surface area contributed by atoms with Crippen molar-refractivity contribution in [3.63, 3.8) is 0 Å². The van der Waals surface area contributed by atoms with E-state index in [1.54, 1.807) is 6.07 Å². The molecule has 30 heavy (non-hydrogen) atoms. The monoisotopic (exact) mass is 443 g/mol. The van der Waals surface area contributed by atoms with Crippen LogP contribution in [0.15, 0.2) is 24.3 Å². The number of carbonyl (C=O) groups excluding carboxylic acids is 1. The van der Waals surface area contributed by atoms with Crippen LogP contribution in [-0.2, 0) is 17.6 Å². The number of thiophene rings is 1. The molecule has 2 aromatic rings. The number of anilines is 1. The van der Waals surface area contributed by atoms with Gasteiger partial charge in [-0.3, -0.25) is 14.9 Å². The van der Waals surface area contributed by atoms with Crippen LogP contribution in [-0.4, -0.2) is 10.8 Å². The molecule has 0 radical (unpaired) electrons. The lowest BCUT2D eigenvalue weighted by Crippen LogP contribution is -2.26. The number of hydrogen-bond donors (Lipinski definition) is 1. The van der Waals surface area contributed by atoms with Crippen molar-refractivity contribution in [3.8, 4) is 6.07 Å². The number of nitro groups is 1. The van der Waals surface area contributed by atoms with Gasteiger partial charge in [0.05, 0.1) is 10.5 Å². The summed E-state index contributed by atoms with van der Waals surface area (Å²) in [6.07, 6.45) is 5.57. The molecule has 0 fully saturated rings. The van der Waals surface area contributed by atoms with Gasteiger partial charge in [-0.15, -0.1) is 11.3 Å². The molecule has 1 atom stereocenters. The lowest BCUT2D eigenvalue weighted by Gasteiger charge is -2.33.